The third-order valence-corrected chi connectivity index (χ3v) is 12.8. The molecule has 0 N–H and O–H groups in total. The van der Waals surface area contributed by atoms with Crippen molar-refractivity contribution in [1.29, 1.82) is 0 Å². The minimum absolute atomic E-state index is 0.106. The molecule has 0 aromatic rings. The predicted molar refractivity (Wildman–Crippen MR) is 334 cm³/mol. The molecule has 0 fully saturated rings. The van der Waals surface area contributed by atoms with Crippen LogP contribution in [0.15, 0.2) is 146 Å². The van der Waals surface area contributed by atoms with Crippen molar-refractivity contribution in [3.05, 3.63) is 146 Å². The maximum Gasteiger partial charge on any atom is 0.306 e. The van der Waals surface area contributed by atoms with Gasteiger partial charge in [0.15, 0.2) is 6.10 Å². The third kappa shape index (κ3) is 62.0. The lowest BCUT2D eigenvalue weighted by molar-refractivity contribution is -0.167. The summed E-state index contributed by atoms with van der Waals surface area (Å²) in [7, 11) is 0. The molecule has 434 valence electrons. The van der Waals surface area contributed by atoms with Gasteiger partial charge < -0.3 is 14.2 Å². The second-order valence-electron chi connectivity index (χ2n) is 20.2. The molecule has 0 saturated carbocycles. The molecule has 0 heterocycles. The molecule has 0 spiro atoms. The van der Waals surface area contributed by atoms with Gasteiger partial charge in [-0.25, -0.2) is 0 Å². The van der Waals surface area contributed by atoms with Crippen LogP contribution in [0.1, 0.15) is 265 Å². The summed E-state index contributed by atoms with van der Waals surface area (Å²) in [5.41, 5.74) is 0. The Kier molecular flexibility index (Phi) is 59.9. The van der Waals surface area contributed by atoms with Gasteiger partial charge in [-0.1, -0.05) is 250 Å². The van der Waals surface area contributed by atoms with Gasteiger partial charge in [0, 0.05) is 19.3 Å². The van der Waals surface area contributed by atoms with Gasteiger partial charge >= 0.3 is 17.9 Å². The number of carbonyl (C=O) groups excluding carboxylic acids is 3. The summed E-state index contributed by atoms with van der Waals surface area (Å²) in [5, 5.41) is 0. The zero-order valence-electron chi connectivity index (χ0n) is 49.7. The minimum atomic E-state index is -0.811. The van der Waals surface area contributed by atoms with Crippen LogP contribution in [0.3, 0.4) is 0 Å². The topological polar surface area (TPSA) is 78.9 Å². The van der Waals surface area contributed by atoms with Crippen LogP contribution in [0.2, 0.25) is 0 Å². The molecule has 1 atom stereocenters. The molecular formula is C71H114O6. The highest BCUT2D eigenvalue weighted by Crippen LogP contribution is 2.14. The molecule has 0 amide bonds. The van der Waals surface area contributed by atoms with Gasteiger partial charge in [-0.05, 0) is 141 Å². The number of esters is 3. The average molecular weight is 1060 g/mol. The van der Waals surface area contributed by atoms with E-state index in [0.717, 1.165) is 141 Å². The van der Waals surface area contributed by atoms with E-state index in [2.05, 4.69) is 167 Å². The van der Waals surface area contributed by atoms with Gasteiger partial charge in [0.05, 0.1) is 0 Å². The Bertz CT molecular complexity index is 1700. The van der Waals surface area contributed by atoms with Crippen molar-refractivity contribution in [2.75, 3.05) is 13.2 Å². The monoisotopic (exact) mass is 1060 g/mol. The van der Waals surface area contributed by atoms with Gasteiger partial charge in [-0.2, -0.15) is 0 Å². The second kappa shape index (κ2) is 63.8. The lowest BCUT2D eigenvalue weighted by atomic mass is 10.1. The van der Waals surface area contributed by atoms with E-state index in [-0.39, 0.29) is 31.1 Å². The van der Waals surface area contributed by atoms with E-state index in [1.165, 1.54) is 77.0 Å². The van der Waals surface area contributed by atoms with E-state index in [1.54, 1.807) is 0 Å². The Labute approximate surface area is 474 Å². The molecule has 0 radical (unpaired) electrons. The number of ether oxygens (including phenoxy) is 3. The molecular weight excluding hydrogens is 949 g/mol. The highest BCUT2D eigenvalue weighted by molar-refractivity contribution is 5.71. The van der Waals surface area contributed by atoms with E-state index in [0.29, 0.717) is 25.7 Å². The van der Waals surface area contributed by atoms with Crippen LogP contribution in [0.4, 0.5) is 0 Å². The first-order valence-corrected chi connectivity index (χ1v) is 31.3. The van der Waals surface area contributed by atoms with Crippen molar-refractivity contribution < 1.29 is 28.6 Å². The van der Waals surface area contributed by atoms with Gasteiger partial charge in [0.25, 0.3) is 0 Å². The van der Waals surface area contributed by atoms with Gasteiger partial charge in [-0.3, -0.25) is 14.4 Å². The van der Waals surface area contributed by atoms with Crippen LogP contribution in [-0.4, -0.2) is 37.2 Å². The Morgan fingerprint density at radius 3 is 0.870 bits per heavy atom. The van der Waals surface area contributed by atoms with Crippen molar-refractivity contribution in [3.63, 3.8) is 0 Å². The predicted octanol–water partition coefficient (Wildman–Crippen LogP) is 21.5. The largest absolute Gasteiger partial charge is 0.462 e. The Morgan fingerprint density at radius 1 is 0.273 bits per heavy atom. The lowest BCUT2D eigenvalue weighted by Gasteiger charge is -2.18. The van der Waals surface area contributed by atoms with Gasteiger partial charge in [0.2, 0.25) is 0 Å². The first kappa shape index (κ1) is 72.3. The molecule has 1 unspecified atom stereocenters. The molecule has 0 aromatic carbocycles. The van der Waals surface area contributed by atoms with Crippen molar-refractivity contribution >= 4 is 17.9 Å². The fraction of sp³-hybridized carbons (Fsp3) is 0.620. The highest BCUT2D eigenvalue weighted by atomic mass is 16.6. The number of allylic oxidation sites excluding steroid dienone is 24. The molecule has 0 aliphatic rings. The standard InChI is InChI=1S/C71H114O6/c1-4-7-10-13-16-19-22-25-27-29-31-32-33-34-35-36-37-38-40-41-43-46-49-52-55-58-61-64-70(73)76-67-68(66-75-69(72)63-60-57-54-51-48-45-24-21-18-15-12-9-6-3)77-71(74)65-62-59-56-53-50-47-44-42-39-30-28-26-23-20-17-14-11-8-5-2/h7,10,12,15-17,19-21,24-28,31-32,34-35,37-38,41,43,49,52,68H,4-6,8-9,11,13-14,18,22-23,29-30,33,36,39-40,42,44-48,50-51,53-67H2,1-3H3/b10-7-,15-12-,19-16-,20-17-,24-21-,27-25-,28-26-,32-31-,35-34-,38-37-,43-41-,52-49-. The fourth-order valence-corrected chi connectivity index (χ4v) is 8.11. The van der Waals surface area contributed by atoms with Crippen LogP contribution in [0.25, 0.3) is 0 Å². The molecule has 0 rings (SSSR count). The normalized spacial score (nSPS) is 13.1. The molecule has 0 bridgehead atoms. The summed E-state index contributed by atoms with van der Waals surface area (Å²) in [6.45, 7) is 6.38. The maximum absolute atomic E-state index is 12.9. The average Bonchev–Trinajstić information content (AvgIpc) is 3.43. The number of hydrogen-bond donors (Lipinski definition) is 0. The summed E-state index contributed by atoms with van der Waals surface area (Å²) in [6.07, 6.45) is 91.3. The van der Waals surface area contributed by atoms with Crippen molar-refractivity contribution in [3.8, 4) is 0 Å². The van der Waals surface area contributed by atoms with E-state index >= 15 is 0 Å². The second-order valence-corrected chi connectivity index (χ2v) is 20.2. The van der Waals surface area contributed by atoms with Gasteiger partial charge in [0.1, 0.15) is 13.2 Å². The van der Waals surface area contributed by atoms with Crippen molar-refractivity contribution in [2.24, 2.45) is 0 Å². The first-order valence-electron chi connectivity index (χ1n) is 31.3. The molecule has 0 saturated heterocycles. The Hall–Kier alpha value is -4.71. The van der Waals surface area contributed by atoms with E-state index < -0.39 is 6.10 Å². The fourth-order valence-electron chi connectivity index (χ4n) is 8.11. The smallest absolute Gasteiger partial charge is 0.306 e. The Morgan fingerprint density at radius 2 is 0.532 bits per heavy atom. The number of carbonyl (C=O) groups is 3. The zero-order chi connectivity index (χ0) is 55.7. The van der Waals surface area contributed by atoms with E-state index in [9.17, 15) is 14.4 Å². The van der Waals surface area contributed by atoms with Crippen LogP contribution in [-0.2, 0) is 28.6 Å². The lowest BCUT2D eigenvalue weighted by Crippen LogP contribution is -2.30. The molecule has 0 aromatic heterocycles. The molecule has 0 aliphatic carbocycles. The van der Waals surface area contributed by atoms with Crippen LogP contribution < -0.4 is 0 Å². The van der Waals surface area contributed by atoms with Crippen LogP contribution in [0, 0.1) is 0 Å². The summed E-state index contributed by atoms with van der Waals surface area (Å²) >= 11 is 0. The molecule has 77 heavy (non-hydrogen) atoms. The summed E-state index contributed by atoms with van der Waals surface area (Å²) in [4.78, 5) is 38.3. The molecule has 6 nitrogen and oxygen atoms in total. The summed E-state index contributed by atoms with van der Waals surface area (Å²) in [5.74, 6) is -0.971. The molecule has 6 heteroatoms. The quantitative estimate of drug-likeness (QED) is 0.0261. The van der Waals surface area contributed by atoms with Crippen molar-refractivity contribution in [2.45, 2.75) is 271 Å². The van der Waals surface area contributed by atoms with E-state index in [1.807, 2.05) is 0 Å². The van der Waals surface area contributed by atoms with Crippen LogP contribution in [0.5, 0.6) is 0 Å². The summed E-state index contributed by atoms with van der Waals surface area (Å²) in [6, 6.07) is 0. The summed E-state index contributed by atoms with van der Waals surface area (Å²) < 4.78 is 16.9. The SMILES string of the molecule is CC/C=C\C/C=C\C/C=C\C/C=C\C/C=C\C/C=C\C/C=C\C/C=C\CCCCC(=O)OCC(COC(=O)CCCCCCC/C=C\C/C=C\CCC)OC(=O)CCCCCCCCCCC/C=C\C/C=C\CCCCC. The third-order valence-electron chi connectivity index (χ3n) is 12.8. The molecule has 0 aliphatic heterocycles. The minimum Gasteiger partial charge on any atom is -0.462 e. The first-order chi connectivity index (χ1) is 38.0. The maximum atomic E-state index is 12.9. The highest BCUT2D eigenvalue weighted by Gasteiger charge is 2.19. The van der Waals surface area contributed by atoms with E-state index in [4.69, 9.17) is 14.2 Å². The van der Waals surface area contributed by atoms with Crippen molar-refractivity contribution in [1.82, 2.24) is 0 Å². The number of hydrogen-bond acceptors (Lipinski definition) is 6. The van der Waals surface area contributed by atoms with Gasteiger partial charge in [-0.15, -0.1) is 0 Å². The number of rotatable bonds is 55. The number of unbranched alkanes of at least 4 members (excludes halogenated alkanes) is 20. The van der Waals surface area contributed by atoms with Crippen LogP contribution >= 0.6 is 0 Å². The zero-order valence-corrected chi connectivity index (χ0v) is 49.7. The Balaban J connectivity index is 4.46.